The average molecular weight is 393 g/mol. The predicted molar refractivity (Wildman–Crippen MR) is 110 cm³/mol. The smallest absolute Gasteiger partial charge is 0.346 e. The number of nitrogens with one attached hydrogen (secondary N) is 1. The van der Waals surface area contributed by atoms with E-state index in [1.54, 1.807) is 24.3 Å². The Morgan fingerprint density at radius 3 is 2.59 bits per heavy atom. The van der Waals surface area contributed by atoms with Crippen molar-refractivity contribution < 1.29 is 19.1 Å². The van der Waals surface area contributed by atoms with Gasteiger partial charge in [0, 0.05) is 0 Å². The quantitative estimate of drug-likeness (QED) is 0.423. The monoisotopic (exact) mass is 393 g/mol. The lowest BCUT2D eigenvalue weighted by Gasteiger charge is -2.24. The number of nitrogens with zero attached hydrogens (tertiary/aromatic N) is 2. The van der Waals surface area contributed by atoms with Gasteiger partial charge in [0.25, 0.3) is 5.91 Å². The Morgan fingerprint density at radius 2 is 1.93 bits per heavy atom. The van der Waals surface area contributed by atoms with E-state index in [0.29, 0.717) is 30.1 Å². The predicted octanol–water partition coefficient (Wildman–Crippen LogP) is 3.45. The number of methoxy groups -OCH3 is 1. The highest BCUT2D eigenvalue weighted by Gasteiger charge is 2.51. The van der Waals surface area contributed by atoms with Crippen molar-refractivity contribution in [3.63, 3.8) is 0 Å². The summed E-state index contributed by atoms with van der Waals surface area (Å²) in [6, 6.07) is 13.8. The van der Waals surface area contributed by atoms with Gasteiger partial charge in [-0.3, -0.25) is 4.79 Å². The molecule has 0 radical (unpaired) electrons. The van der Waals surface area contributed by atoms with Gasteiger partial charge in [-0.2, -0.15) is 5.10 Å². The van der Waals surface area contributed by atoms with Crippen molar-refractivity contribution in [1.82, 2.24) is 10.3 Å². The lowest BCUT2D eigenvalue weighted by Crippen LogP contribution is -2.43. The Morgan fingerprint density at radius 1 is 1.17 bits per heavy atom. The molecule has 7 nitrogen and oxygen atoms in total. The minimum atomic E-state index is -1.12. The summed E-state index contributed by atoms with van der Waals surface area (Å²) < 4.78 is 10.8. The average Bonchev–Trinajstić information content (AvgIpc) is 3.01. The molecule has 0 aromatic heterocycles. The van der Waals surface area contributed by atoms with Crippen LogP contribution in [0.3, 0.4) is 0 Å². The van der Waals surface area contributed by atoms with Crippen molar-refractivity contribution in [2.24, 2.45) is 5.10 Å². The first-order valence-corrected chi connectivity index (χ1v) is 9.23. The van der Waals surface area contributed by atoms with Crippen LogP contribution in [-0.4, -0.2) is 36.9 Å². The summed E-state index contributed by atoms with van der Waals surface area (Å²) in [4.78, 5) is 25.5. The zero-order valence-corrected chi connectivity index (χ0v) is 16.4. The maximum absolute atomic E-state index is 13.1. The number of urea groups is 1. The molecular formula is C22H23N3O4. The number of carbonyl (C=O) groups is 2. The fraction of sp³-hybridized carbons (Fsp3) is 0.227. The number of hydrogen-bond donors (Lipinski definition) is 1. The van der Waals surface area contributed by atoms with Crippen molar-refractivity contribution in [2.45, 2.75) is 18.9 Å². The number of benzene rings is 2. The minimum Gasteiger partial charge on any atom is -0.493 e. The molecule has 0 aliphatic carbocycles. The molecule has 7 heteroatoms. The first-order chi connectivity index (χ1) is 14.1. The molecule has 1 saturated heterocycles. The summed E-state index contributed by atoms with van der Waals surface area (Å²) in [6.07, 6.45) is 3.49. The number of hydrazone groups is 1. The van der Waals surface area contributed by atoms with Crippen molar-refractivity contribution in [3.8, 4) is 11.5 Å². The number of imide groups is 1. The van der Waals surface area contributed by atoms with E-state index in [2.05, 4.69) is 17.0 Å². The molecule has 0 unspecified atom stereocenters. The number of ether oxygens (including phenoxy) is 2. The fourth-order valence-electron chi connectivity index (χ4n) is 3.19. The first kappa shape index (κ1) is 20.1. The van der Waals surface area contributed by atoms with Gasteiger partial charge in [0.2, 0.25) is 0 Å². The highest BCUT2D eigenvalue weighted by Crippen LogP contribution is 2.32. The number of rotatable bonds is 8. The Hall–Kier alpha value is -3.61. The van der Waals surface area contributed by atoms with Gasteiger partial charge in [-0.05, 0) is 35.7 Å². The molecule has 1 aliphatic heterocycles. The summed E-state index contributed by atoms with van der Waals surface area (Å²) in [6.45, 7) is 5.82. The standard InChI is InChI=1S/C22H23N3O4/c1-4-13-29-18-12-11-16(14-19(18)28-3)15-23-25-20(26)22(5-2,24-21(25)27)17-9-7-6-8-10-17/h4,6-12,14-15H,1,5,13H2,2-3H3,(H,24,27)/b23-15-/t22-/m1/s1. The zero-order valence-electron chi connectivity index (χ0n) is 16.4. The molecule has 3 amide bonds. The molecule has 1 aliphatic rings. The maximum atomic E-state index is 13.1. The Bertz CT molecular complexity index is 942. The third-order valence-electron chi connectivity index (χ3n) is 4.73. The highest BCUT2D eigenvalue weighted by atomic mass is 16.5. The molecule has 29 heavy (non-hydrogen) atoms. The van der Waals surface area contributed by atoms with Gasteiger partial charge in [-0.1, -0.05) is 49.9 Å². The second-order valence-electron chi connectivity index (χ2n) is 6.43. The van der Waals surface area contributed by atoms with Gasteiger partial charge in [-0.15, -0.1) is 5.01 Å². The minimum absolute atomic E-state index is 0.352. The van der Waals surface area contributed by atoms with E-state index >= 15 is 0 Å². The summed E-state index contributed by atoms with van der Waals surface area (Å²) in [5, 5.41) is 7.79. The molecule has 0 spiro atoms. The van der Waals surface area contributed by atoms with Gasteiger partial charge in [0.15, 0.2) is 11.5 Å². The number of hydrogen-bond acceptors (Lipinski definition) is 5. The van der Waals surface area contributed by atoms with Crippen molar-refractivity contribution in [1.29, 1.82) is 0 Å². The molecule has 1 atom stereocenters. The highest BCUT2D eigenvalue weighted by molar-refractivity contribution is 6.07. The van der Waals surface area contributed by atoms with Gasteiger partial charge in [0.05, 0.1) is 13.3 Å². The molecule has 1 fully saturated rings. The van der Waals surface area contributed by atoms with Crippen LogP contribution in [0.5, 0.6) is 11.5 Å². The number of carbonyl (C=O) groups excluding carboxylic acids is 2. The van der Waals surface area contributed by atoms with Gasteiger partial charge in [-0.25, -0.2) is 4.79 Å². The number of amides is 3. The topological polar surface area (TPSA) is 80.2 Å². The van der Waals surface area contributed by atoms with E-state index in [-0.39, 0.29) is 0 Å². The molecule has 2 aromatic carbocycles. The second-order valence-corrected chi connectivity index (χ2v) is 6.43. The van der Waals surface area contributed by atoms with Crippen LogP contribution in [0.25, 0.3) is 0 Å². The Kier molecular flexibility index (Phi) is 5.97. The van der Waals surface area contributed by atoms with Crippen molar-refractivity contribution in [3.05, 3.63) is 72.3 Å². The second kappa shape index (κ2) is 8.60. The molecule has 1 heterocycles. The SMILES string of the molecule is C=CCOc1ccc(/C=N\N2C(=O)N[C@](CC)(c3ccccc3)C2=O)cc1OC. The summed E-state index contributed by atoms with van der Waals surface area (Å²) in [7, 11) is 1.53. The lowest BCUT2D eigenvalue weighted by atomic mass is 9.87. The van der Waals surface area contributed by atoms with Crippen LogP contribution in [-0.2, 0) is 10.3 Å². The Labute approximate surface area is 169 Å². The van der Waals surface area contributed by atoms with Gasteiger partial charge in [0.1, 0.15) is 12.1 Å². The molecule has 150 valence electrons. The van der Waals surface area contributed by atoms with Crippen molar-refractivity contribution >= 4 is 18.2 Å². The van der Waals surface area contributed by atoms with E-state index in [4.69, 9.17) is 9.47 Å². The molecular weight excluding hydrogens is 370 g/mol. The van der Waals surface area contributed by atoms with Crippen LogP contribution in [0, 0.1) is 0 Å². The van der Waals surface area contributed by atoms with Crippen molar-refractivity contribution in [2.75, 3.05) is 13.7 Å². The van der Waals surface area contributed by atoms with Crippen LogP contribution in [0.1, 0.15) is 24.5 Å². The maximum Gasteiger partial charge on any atom is 0.346 e. The van der Waals surface area contributed by atoms with E-state index in [1.165, 1.54) is 13.3 Å². The van der Waals surface area contributed by atoms with Crippen LogP contribution in [0.15, 0.2) is 66.3 Å². The molecule has 1 N–H and O–H groups in total. The largest absolute Gasteiger partial charge is 0.493 e. The lowest BCUT2D eigenvalue weighted by molar-refractivity contribution is -0.131. The Balaban J connectivity index is 1.85. The summed E-state index contributed by atoms with van der Waals surface area (Å²) >= 11 is 0. The van der Waals surface area contributed by atoms with Crippen LogP contribution in [0.2, 0.25) is 0 Å². The van der Waals surface area contributed by atoms with Gasteiger partial charge >= 0.3 is 6.03 Å². The van der Waals surface area contributed by atoms with Crippen LogP contribution in [0.4, 0.5) is 4.79 Å². The molecule has 0 bridgehead atoms. The van der Waals surface area contributed by atoms with E-state index < -0.39 is 17.5 Å². The van der Waals surface area contributed by atoms with E-state index in [9.17, 15) is 9.59 Å². The van der Waals surface area contributed by atoms with Crippen LogP contribution >= 0.6 is 0 Å². The van der Waals surface area contributed by atoms with E-state index in [1.807, 2.05) is 37.3 Å². The third-order valence-corrected chi connectivity index (χ3v) is 4.73. The first-order valence-electron chi connectivity index (χ1n) is 9.23. The van der Waals surface area contributed by atoms with Crippen LogP contribution < -0.4 is 14.8 Å². The normalized spacial score (nSPS) is 18.8. The molecule has 3 rings (SSSR count). The zero-order chi connectivity index (χ0) is 20.9. The fourth-order valence-corrected chi connectivity index (χ4v) is 3.19. The van der Waals surface area contributed by atoms with Gasteiger partial charge < -0.3 is 14.8 Å². The molecule has 2 aromatic rings. The van der Waals surface area contributed by atoms with E-state index in [0.717, 1.165) is 10.6 Å². The molecule has 0 saturated carbocycles. The summed E-state index contributed by atoms with van der Waals surface area (Å²) in [5.74, 6) is 0.666. The summed E-state index contributed by atoms with van der Waals surface area (Å²) in [5.41, 5.74) is 0.265. The third kappa shape index (κ3) is 3.85.